The number of carbonyl (C=O) groups is 2. The van der Waals surface area contributed by atoms with E-state index in [1.54, 1.807) is 17.5 Å². The van der Waals surface area contributed by atoms with Gasteiger partial charge in [0.25, 0.3) is 0 Å². The van der Waals surface area contributed by atoms with Gasteiger partial charge >= 0.3 is 6.18 Å². The molecule has 0 bridgehead atoms. The molecule has 1 aromatic carbocycles. The van der Waals surface area contributed by atoms with Gasteiger partial charge in [0, 0.05) is 10.6 Å². The first-order chi connectivity index (χ1) is 11.3. The van der Waals surface area contributed by atoms with E-state index in [9.17, 15) is 22.8 Å². The fourth-order valence-corrected chi connectivity index (χ4v) is 3.09. The molecule has 3 N–H and O–H groups in total. The highest BCUT2D eigenvalue weighted by atomic mass is 35.5. The molecule has 0 saturated heterocycles. The summed E-state index contributed by atoms with van der Waals surface area (Å²) >= 11 is 6.66. The first-order valence-electron chi connectivity index (χ1n) is 6.64. The maximum atomic E-state index is 13.2. The van der Waals surface area contributed by atoms with Gasteiger partial charge in [-0.15, -0.1) is 22.9 Å². The topological polar surface area (TPSA) is 72.2 Å². The van der Waals surface area contributed by atoms with Gasteiger partial charge in [-0.3, -0.25) is 9.59 Å². The van der Waals surface area contributed by atoms with Crippen molar-refractivity contribution >= 4 is 40.3 Å². The van der Waals surface area contributed by atoms with Crippen LogP contribution >= 0.6 is 22.9 Å². The molecule has 1 amide bonds. The summed E-state index contributed by atoms with van der Waals surface area (Å²) in [5, 5.41) is 4.33. The Morgan fingerprint density at radius 2 is 1.96 bits per heavy atom. The number of hydrogen-bond donors (Lipinski definition) is 2. The third-order valence-electron chi connectivity index (χ3n) is 3.18. The number of alkyl halides is 4. The molecule has 2 aromatic rings. The Balaban J connectivity index is 2.53. The van der Waals surface area contributed by atoms with E-state index in [0.717, 1.165) is 12.1 Å². The number of Topliss-reactive ketones (excluding diaryl/α,β-unsaturated/α-hetero) is 1. The van der Waals surface area contributed by atoms with Gasteiger partial charge in [-0.05, 0) is 23.6 Å². The molecule has 24 heavy (non-hydrogen) atoms. The van der Waals surface area contributed by atoms with Gasteiger partial charge in [0.15, 0.2) is 5.78 Å². The number of amides is 1. The number of halogens is 4. The lowest BCUT2D eigenvalue weighted by atomic mass is 10.0. The SMILES string of the molecule is NC(=O)C(Nc1cccc(C(F)(F)F)c1C(=O)CCl)c1cccs1. The van der Waals surface area contributed by atoms with Crippen LogP contribution in [0.3, 0.4) is 0 Å². The molecule has 0 saturated carbocycles. The fourth-order valence-electron chi connectivity index (χ4n) is 2.17. The molecule has 1 unspecified atom stereocenters. The van der Waals surface area contributed by atoms with Crippen LogP contribution in [0.4, 0.5) is 18.9 Å². The van der Waals surface area contributed by atoms with Crippen LogP contribution in [0.5, 0.6) is 0 Å². The van der Waals surface area contributed by atoms with E-state index in [2.05, 4.69) is 5.32 Å². The summed E-state index contributed by atoms with van der Waals surface area (Å²) in [6.45, 7) is 0. The molecule has 0 spiro atoms. The second-order valence-electron chi connectivity index (χ2n) is 4.78. The van der Waals surface area contributed by atoms with E-state index in [1.807, 2.05) is 0 Å². The number of nitrogens with one attached hydrogen (secondary N) is 1. The van der Waals surface area contributed by atoms with Crippen molar-refractivity contribution in [1.82, 2.24) is 0 Å². The fraction of sp³-hybridized carbons (Fsp3) is 0.200. The van der Waals surface area contributed by atoms with Crippen molar-refractivity contribution < 1.29 is 22.8 Å². The van der Waals surface area contributed by atoms with Gasteiger partial charge in [0.05, 0.1) is 17.0 Å². The van der Waals surface area contributed by atoms with E-state index in [-0.39, 0.29) is 5.69 Å². The van der Waals surface area contributed by atoms with Gasteiger partial charge in [0.1, 0.15) is 6.04 Å². The van der Waals surface area contributed by atoms with Crippen molar-refractivity contribution in [2.75, 3.05) is 11.2 Å². The second kappa shape index (κ2) is 7.23. The molecule has 1 atom stereocenters. The van der Waals surface area contributed by atoms with Crippen molar-refractivity contribution in [3.8, 4) is 0 Å². The Morgan fingerprint density at radius 3 is 2.46 bits per heavy atom. The Morgan fingerprint density at radius 1 is 1.25 bits per heavy atom. The third-order valence-corrected chi connectivity index (χ3v) is 4.36. The normalized spacial score (nSPS) is 12.7. The van der Waals surface area contributed by atoms with E-state index in [0.29, 0.717) is 4.88 Å². The van der Waals surface area contributed by atoms with Crippen LogP contribution in [0.25, 0.3) is 0 Å². The summed E-state index contributed by atoms with van der Waals surface area (Å²) in [7, 11) is 0. The lowest BCUT2D eigenvalue weighted by Gasteiger charge is -2.20. The molecule has 0 aliphatic heterocycles. The third kappa shape index (κ3) is 3.88. The molecular weight excluding hydrogens is 365 g/mol. The van der Waals surface area contributed by atoms with Gasteiger partial charge in [0.2, 0.25) is 5.91 Å². The zero-order valence-corrected chi connectivity index (χ0v) is 13.6. The number of benzene rings is 1. The van der Waals surface area contributed by atoms with E-state index >= 15 is 0 Å². The molecule has 0 fully saturated rings. The number of rotatable bonds is 6. The minimum Gasteiger partial charge on any atom is -0.369 e. The summed E-state index contributed by atoms with van der Waals surface area (Å²) in [6, 6.07) is 5.44. The number of hydrogen-bond acceptors (Lipinski definition) is 4. The first-order valence-corrected chi connectivity index (χ1v) is 8.05. The standard InChI is InChI=1S/C15H12ClF3N2O2S/c16-7-10(22)12-8(15(17,18)19)3-1-4-9(12)21-13(14(20)23)11-5-2-6-24-11/h1-6,13,21H,7H2,(H2,20,23). The number of carbonyl (C=O) groups excluding carboxylic acids is 2. The van der Waals surface area contributed by atoms with E-state index in [1.165, 1.54) is 17.4 Å². The van der Waals surface area contributed by atoms with Gasteiger partial charge in [-0.2, -0.15) is 13.2 Å². The van der Waals surface area contributed by atoms with Crippen LogP contribution in [0.15, 0.2) is 35.7 Å². The number of anilines is 1. The van der Waals surface area contributed by atoms with Crippen LogP contribution < -0.4 is 11.1 Å². The monoisotopic (exact) mass is 376 g/mol. The maximum Gasteiger partial charge on any atom is 0.417 e. The molecule has 4 nitrogen and oxygen atoms in total. The molecule has 9 heteroatoms. The second-order valence-corrected chi connectivity index (χ2v) is 6.02. The predicted molar refractivity (Wildman–Crippen MR) is 86.4 cm³/mol. The molecular formula is C15H12ClF3N2O2S. The molecule has 128 valence electrons. The van der Waals surface area contributed by atoms with Crippen molar-refractivity contribution in [3.63, 3.8) is 0 Å². The number of thiophene rings is 1. The highest BCUT2D eigenvalue weighted by molar-refractivity contribution is 7.10. The van der Waals surface area contributed by atoms with Crippen molar-refractivity contribution in [3.05, 3.63) is 51.7 Å². The number of primary amides is 1. The van der Waals surface area contributed by atoms with E-state index in [4.69, 9.17) is 17.3 Å². The van der Waals surface area contributed by atoms with Crippen LogP contribution in [0, 0.1) is 0 Å². The highest BCUT2D eigenvalue weighted by Crippen LogP contribution is 2.36. The molecule has 0 aliphatic carbocycles. The minimum absolute atomic E-state index is 0.146. The Labute approximate surface area is 144 Å². The largest absolute Gasteiger partial charge is 0.417 e. The average molecular weight is 377 g/mol. The lowest BCUT2D eigenvalue weighted by molar-refractivity contribution is -0.137. The predicted octanol–water partition coefficient (Wildman–Crippen LogP) is 3.83. The first kappa shape index (κ1) is 18.3. The number of nitrogens with two attached hydrogens (primary N) is 1. The van der Waals surface area contributed by atoms with Crippen molar-refractivity contribution in [2.24, 2.45) is 5.73 Å². The Hall–Kier alpha value is -2.06. The summed E-state index contributed by atoms with van der Waals surface area (Å²) in [6.07, 6.45) is -4.74. The quantitative estimate of drug-likeness (QED) is 0.594. The zero-order chi connectivity index (χ0) is 17.9. The summed E-state index contributed by atoms with van der Waals surface area (Å²) in [5.74, 6) is -2.30. The van der Waals surface area contributed by atoms with Crippen LogP contribution in [0.2, 0.25) is 0 Å². The smallest absolute Gasteiger partial charge is 0.369 e. The minimum atomic E-state index is -4.74. The summed E-state index contributed by atoms with van der Waals surface area (Å²) in [5.41, 5.74) is 3.46. The van der Waals surface area contributed by atoms with Gasteiger partial charge in [-0.25, -0.2) is 0 Å². The van der Waals surface area contributed by atoms with Crippen LogP contribution in [-0.4, -0.2) is 17.6 Å². The zero-order valence-electron chi connectivity index (χ0n) is 12.1. The molecule has 0 radical (unpaired) electrons. The summed E-state index contributed by atoms with van der Waals surface area (Å²) in [4.78, 5) is 24.1. The molecule has 0 aliphatic rings. The van der Waals surface area contributed by atoms with Gasteiger partial charge < -0.3 is 11.1 Å². The van der Waals surface area contributed by atoms with E-state index < -0.39 is 40.9 Å². The number of ketones is 1. The average Bonchev–Trinajstić information content (AvgIpc) is 3.04. The maximum absolute atomic E-state index is 13.2. The summed E-state index contributed by atoms with van der Waals surface area (Å²) < 4.78 is 39.5. The molecule has 2 rings (SSSR count). The van der Waals surface area contributed by atoms with Crippen LogP contribution in [0.1, 0.15) is 26.8 Å². The van der Waals surface area contributed by atoms with Crippen molar-refractivity contribution in [2.45, 2.75) is 12.2 Å². The Bertz CT molecular complexity index is 748. The lowest BCUT2D eigenvalue weighted by Crippen LogP contribution is -2.28. The highest BCUT2D eigenvalue weighted by Gasteiger charge is 2.36. The Kier molecular flexibility index (Phi) is 5.51. The van der Waals surface area contributed by atoms with Crippen LogP contribution in [-0.2, 0) is 11.0 Å². The van der Waals surface area contributed by atoms with Gasteiger partial charge in [-0.1, -0.05) is 12.1 Å². The molecule has 1 aromatic heterocycles. The molecule has 1 heterocycles. The van der Waals surface area contributed by atoms with Crippen molar-refractivity contribution in [1.29, 1.82) is 0 Å².